The quantitative estimate of drug-likeness (QED) is 0.819. The molecule has 1 aliphatic carbocycles. The summed E-state index contributed by atoms with van der Waals surface area (Å²) in [5, 5.41) is 3.05. The van der Waals surface area contributed by atoms with Crippen LogP contribution in [-0.4, -0.2) is 48.9 Å². The molecule has 2 amide bonds. The van der Waals surface area contributed by atoms with Crippen molar-refractivity contribution in [2.75, 3.05) is 31.1 Å². The molecule has 0 bridgehead atoms. The van der Waals surface area contributed by atoms with E-state index in [2.05, 4.69) is 12.2 Å². The van der Waals surface area contributed by atoms with Crippen molar-refractivity contribution in [1.29, 1.82) is 0 Å². The Morgan fingerprint density at radius 1 is 1.03 bits per heavy atom. The van der Waals surface area contributed by atoms with Crippen LogP contribution in [0.15, 0.2) is 24.3 Å². The minimum atomic E-state index is -0.498. The average molecular weight is 404 g/mol. The van der Waals surface area contributed by atoms with Crippen LogP contribution in [-0.2, 0) is 9.59 Å². The van der Waals surface area contributed by atoms with E-state index in [1.807, 2.05) is 29.7 Å². The van der Waals surface area contributed by atoms with Gasteiger partial charge in [0.15, 0.2) is 0 Å². The van der Waals surface area contributed by atoms with Gasteiger partial charge in [-0.3, -0.25) is 9.59 Å². The number of benzene rings is 1. The topological polar surface area (TPSA) is 52.7 Å². The maximum atomic E-state index is 14.0. The van der Waals surface area contributed by atoms with Gasteiger partial charge in [0, 0.05) is 32.1 Å². The number of halogens is 1. The third kappa shape index (κ3) is 5.28. The zero-order valence-corrected chi connectivity index (χ0v) is 17.9. The molecule has 1 atom stereocenters. The molecule has 2 aliphatic rings. The molecule has 0 spiro atoms. The van der Waals surface area contributed by atoms with Crippen molar-refractivity contribution in [3.63, 3.8) is 0 Å². The fraction of sp³-hybridized carbons (Fsp3) is 0.652. The number of amides is 2. The number of hydrogen-bond donors (Lipinski definition) is 1. The summed E-state index contributed by atoms with van der Waals surface area (Å²) in [5.41, 5.74) is 0.583. The van der Waals surface area contributed by atoms with Gasteiger partial charge < -0.3 is 15.1 Å². The number of anilines is 1. The molecule has 5 nitrogen and oxygen atoms in total. The van der Waals surface area contributed by atoms with Crippen molar-refractivity contribution in [1.82, 2.24) is 10.2 Å². The zero-order valence-electron chi connectivity index (χ0n) is 17.9. The molecule has 0 radical (unpaired) electrons. The summed E-state index contributed by atoms with van der Waals surface area (Å²) in [5.74, 6) is 0.505. The second-order valence-corrected chi connectivity index (χ2v) is 8.95. The maximum Gasteiger partial charge on any atom is 0.245 e. The predicted octanol–water partition coefficient (Wildman–Crippen LogP) is 3.44. The van der Waals surface area contributed by atoms with E-state index >= 15 is 0 Å². The van der Waals surface area contributed by atoms with Crippen LogP contribution in [0.2, 0.25) is 0 Å². The van der Waals surface area contributed by atoms with Gasteiger partial charge in [-0.2, -0.15) is 0 Å². The molecule has 1 N–H and O–H groups in total. The number of nitrogens with zero attached hydrogens (tertiary/aromatic N) is 2. The van der Waals surface area contributed by atoms with E-state index in [9.17, 15) is 14.0 Å². The predicted molar refractivity (Wildman–Crippen MR) is 113 cm³/mol. The molecule has 1 saturated heterocycles. The van der Waals surface area contributed by atoms with Crippen LogP contribution >= 0.6 is 0 Å². The van der Waals surface area contributed by atoms with Crippen molar-refractivity contribution in [2.24, 2.45) is 17.8 Å². The van der Waals surface area contributed by atoms with Crippen LogP contribution in [0.25, 0.3) is 0 Å². The normalized spacial score (nSPS) is 23.8. The van der Waals surface area contributed by atoms with Gasteiger partial charge in [0.05, 0.1) is 5.69 Å². The minimum absolute atomic E-state index is 0.0222. The Hall–Kier alpha value is -2.11. The summed E-state index contributed by atoms with van der Waals surface area (Å²) in [6.45, 7) is 8.43. The molecule has 160 valence electrons. The van der Waals surface area contributed by atoms with Crippen molar-refractivity contribution in [2.45, 2.75) is 52.5 Å². The van der Waals surface area contributed by atoms with E-state index < -0.39 is 6.04 Å². The van der Waals surface area contributed by atoms with Crippen LogP contribution < -0.4 is 10.2 Å². The molecule has 6 heteroatoms. The lowest BCUT2D eigenvalue weighted by Gasteiger charge is -2.38. The lowest BCUT2D eigenvalue weighted by atomic mass is 9.82. The standard InChI is InChI=1S/C23H34FN3O2/c1-16(2)21(25-22(28)18-10-8-17(3)9-11-18)23(29)27-14-12-26(13-15-27)20-7-5-4-6-19(20)24/h4-7,16-18,21H,8-15H2,1-3H3,(H,25,28)/t17?,18?,21-/m1/s1. The van der Waals surface area contributed by atoms with E-state index in [0.29, 0.717) is 37.8 Å². The highest BCUT2D eigenvalue weighted by molar-refractivity contribution is 5.89. The van der Waals surface area contributed by atoms with Crippen molar-refractivity contribution >= 4 is 17.5 Å². The molecule has 1 saturated carbocycles. The van der Waals surface area contributed by atoms with E-state index in [1.54, 1.807) is 12.1 Å². The smallest absolute Gasteiger partial charge is 0.245 e. The van der Waals surface area contributed by atoms with Gasteiger partial charge in [0.25, 0.3) is 0 Å². The number of rotatable bonds is 5. The van der Waals surface area contributed by atoms with Crippen molar-refractivity contribution in [3.05, 3.63) is 30.1 Å². The fourth-order valence-corrected chi connectivity index (χ4v) is 4.38. The molecule has 1 heterocycles. The summed E-state index contributed by atoms with van der Waals surface area (Å²) in [7, 11) is 0. The lowest BCUT2D eigenvalue weighted by molar-refractivity contribution is -0.139. The molecule has 0 aromatic heterocycles. The van der Waals surface area contributed by atoms with Crippen LogP contribution in [0.4, 0.5) is 10.1 Å². The van der Waals surface area contributed by atoms with Gasteiger partial charge in [-0.15, -0.1) is 0 Å². The number of carbonyl (C=O) groups is 2. The van der Waals surface area contributed by atoms with E-state index in [4.69, 9.17) is 0 Å². The second-order valence-electron chi connectivity index (χ2n) is 8.95. The number of carbonyl (C=O) groups excluding carboxylic acids is 2. The number of para-hydroxylation sites is 1. The van der Waals surface area contributed by atoms with Gasteiger partial charge in [-0.25, -0.2) is 4.39 Å². The monoisotopic (exact) mass is 403 g/mol. The molecular formula is C23H34FN3O2. The molecule has 0 unspecified atom stereocenters. The third-order valence-corrected chi connectivity index (χ3v) is 6.40. The van der Waals surface area contributed by atoms with Gasteiger partial charge >= 0.3 is 0 Å². The first kappa shape index (κ1) is 21.6. The largest absolute Gasteiger partial charge is 0.366 e. The van der Waals surface area contributed by atoms with Crippen molar-refractivity contribution in [3.8, 4) is 0 Å². The third-order valence-electron chi connectivity index (χ3n) is 6.40. The van der Waals surface area contributed by atoms with Gasteiger partial charge in [-0.1, -0.05) is 32.9 Å². The summed E-state index contributed by atoms with van der Waals surface area (Å²) in [6, 6.07) is 6.24. The van der Waals surface area contributed by atoms with Crippen molar-refractivity contribution < 1.29 is 14.0 Å². The summed E-state index contributed by atoms with van der Waals surface area (Å²) in [6.07, 6.45) is 3.98. The second kappa shape index (κ2) is 9.59. The van der Waals surface area contributed by atoms with E-state index in [0.717, 1.165) is 25.7 Å². The molecule has 2 fully saturated rings. The summed E-state index contributed by atoms with van der Waals surface area (Å²) >= 11 is 0. The SMILES string of the molecule is CC1CCC(C(=O)N[C@@H](C(=O)N2CCN(c3ccccc3F)CC2)C(C)C)CC1. The number of piperazine rings is 1. The Kier molecular flexibility index (Phi) is 7.14. The average Bonchev–Trinajstić information content (AvgIpc) is 2.72. The molecule has 1 aromatic carbocycles. The Balaban J connectivity index is 1.57. The Bertz CT molecular complexity index is 708. The number of hydrogen-bond acceptors (Lipinski definition) is 3. The Morgan fingerprint density at radius 2 is 1.66 bits per heavy atom. The minimum Gasteiger partial charge on any atom is -0.366 e. The highest BCUT2D eigenvalue weighted by Crippen LogP contribution is 2.28. The first-order valence-electron chi connectivity index (χ1n) is 11.0. The molecule has 1 aromatic rings. The van der Waals surface area contributed by atoms with E-state index in [1.165, 1.54) is 6.07 Å². The lowest BCUT2D eigenvalue weighted by Crippen LogP contribution is -2.57. The molecule has 29 heavy (non-hydrogen) atoms. The first-order chi connectivity index (χ1) is 13.9. The molecular weight excluding hydrogens is 369 g/mol. The van der Waals surface area contributed by atoms with Crippen LogP contribution in [0, 0.1) is 23.6 Å². The van der Waals surface area contributed by atoms with Crippen LogP contribution in [0.3, 0.4) is 0 Å². The van der Waals surface area contributed by atoms with Crippen LogP contribution in [0.5, 0.6) is 0 Å². The highest BCUT2D eigenvalue weighted by Gasteiger charge is 2.33. The van der Waals surface area contributed by atoms with E-state index in [-0.39, 0.29) is 29.5 Å². The maximum absolute atomic E-state index is 14.0. The summed E-state index contributed by atoms with van der Waals surface area (Å²) in [4.78, 5) is 29.7. The fourth-order valence-electron chi connectivity index (χ4n) is 4.38. The number of nitrogens with one attached hydrogen (secondary N) is 1. The van der Waals surface area contributed by atoms with Crippen LogP contribution in [0.1, 0.15) is 46.5 Å². The Morgan fingerprint density at radius 3 is 2.24 bits per heavy atom. The molecule has 3 rings (SSSR count). The van der Waals surface area contributed by atoms with Gasteiger partial charge in [0.1, 0.15) is 11.9 Å². The zero-order chi connectivity index (χ0) is 21.0. The van der Waals surface area contributed by atoms with Gasteiger partial charge in [0.2, 0.25) is 11.8 Å². The Labute approximate surface area is 173 Å². The molecule has 1 aliphatic heterocycles. The highest BCUT2D eigenvalue weighted by atomic mass is 19.1. The van der Waals surface area contributed by atoms with Gasteiger partial charge in [-0.05, 0) is 49.7 Å². The first-order valence-corrected chi connectivity index (χ1v) is 11.0. The summed E-state index contributed by atoms with van der Waals surface area (Å²) < 4.78 is 14.0.